The van der Waals surface area contributed by atoms with Gasteiger partial charge in [0.25, 0.3) is 0 Å². The van der Waals surface area contributed by atoms with E-state index in [1.54, 1.807) is 17.0 Å². The fraction of sp³-hybridized carbons (Fsp3) is 0.423. The van der Waals surface area contributed by atoms with Crippen LogP contribution in [0.5, 0.6) is 17.2 Å². The van der Waals surface area contributed by atoms with Gasteiger partial charge in [-0.25, -0.2) is 0 Å². The van der Waals surface area contributed by atoms with E-state index in [9.17, 15) is 14.4 Å². The van der Waals surface area contributed by atoms with Crippen molar-refractivity contribution in [3.05, 3.63) is 42.0 Å². The molecule has 0 aliphatic carbocycles. The Kier molecular flexibility index (Phi) is 8.57. The Hall–Kier alpha value is -3.75. The number of hydrogen-bond donors (Lipinski definition) is 2. The van der Waals surface area contributed by atoms with Crippen LogP contribution in [0.15, 0.2) is 36.4 Å². The first-order chi connectivity index (χ1) is 16.7. The predicted octanol–water partition coefficient (Wildman–Crippen LogP) is 3.37. The molecule has 1 saturated heterocycles. The molecule has 188 valence electrons. The van der Waals surface area contributed by atoms with Crippen LogP contribution in [-0.2, 0) is 20.9 Å². The van der Waals surface area contributed by atoms with Crippen LogP contribution in [0.25, 0.3) is 0 Å². The monoisotopic (exact) mass is 483 g/mol. The second-order valence-corrected chi connectivity index (χ2v) is 8.85. The highest BCUT2D eigenvalue weighted by molar-refractivity contribution is 6.00. The quantitative estimate of drug-likeness (QED) is 0.537. The molecule has 9 nitrogen and oxygen atoms in total. The maximum absolute atomic E-state index is 12.8. The van der Waals surface area contributed by atoms with Crippen molar-refractivity contribution in [1.29, 1.82) is 0 Å². The molecule has 35 heavy (non-hydrogen) atoms. The molecule has 0 bridgehead atoms. The molecule has 0 aromatic heterocycles. The van der Waals surface area contributed by atoms with E-state index < -0.39 is 5.92 Å². The lowest BCUT2D eigenvalue weighted by Crippen LogP contribution is -2.32. The minimum Gasteiger partial charge on any atom is -0.493 e. The highest BCUT2D eigenvalue weighted by atomic mass is 16.5. The van der Waals surface area contributed by atoms with Crippen LogP contribution in [0.3, 0.4) is 0 Å². The summed E-state index contributed by atoms with van der Waals surface area (Å²) in [7, 11) is 4.53. The molecule has 9 heteroatoms. The molecule has 1 fully saturated rings. The third-order valence-electron chi connectivity index (χ3n) is 5.73. The number of amides is 3. The molecular weight excluding hydrogens is 450 g/mol. The Morgan fingerprint density at radius 1 is 1.06 bits per heavy atom. The number of carbonyl (C=O) groups excluding carboxylic acids is 3. The Bertz CT molecular complexity index is 1060. The summed E-state index contributed by atoms with van der Waals surface area (Å²) in [6.45, 7) is 4.51. The summed E-state index contributed by atoms with van der Waals surface area (Å²) in [6.07, 6.45) is 0.549. The molecule has 2 aromatic rings. The first-order valence-electron chi connectivity index (χ1n) is 11.5. The maximum atomic E-state index is 12.8. The SMILES string of the molecule is COc1cc(N2CC(C(=O)NCc3cccc(NC(=O)CC(C)C)c3)CC2=O)cc(OC)c1OC. The summed E-state index contributed by atoms with van der Waals surface area (Å²) in [5.41, 5.74) is 2.11. The van der Waals surface area contributed by atoms with Crippen molar-refractivity contribution in [2.45, 2.75) is 33.2 Å². The van der Waals surface area contributed by atoms with Crippen LogP contribution < -0.4 is 29.7 Å². The zero-order valence-corrected chi connectivity index (χ0v) is 20.8. The van der Waals surface area contributed by atoms with Gasteiger partial charge in [0, 0.05) is 43.8 Å². The molecule has 3 amide bonds. The number of ether oxygens (including phenoxy) is 3. The second-order valence-electron chi connectivity index (χ2n) is 8.85. The molecule has 0 spiro atoms. The van der Waals surface area contributed by atoms with Crippen molar-refractivity contribution < 1.29 is 28.6 Å². The Balaban J connectivity index is 1.63. The first-order valence-corrected chi connectivity index (χ1v) is 11.5. The number of hydrogen-bond acceptors (Lipinski definition) is 6. The summed E-state index contributed by atoms with van der Waals surface area (Å²) in [5, 5.41) is 5.79. The van der Waals surface area contributed by atoms with Crippen LogP contribution >= 0.6 is 0 Å². The molecular formula is C26H33N3O6. The summed E-state index contributed by atoms with van der Waals surface area (Å²) in [5.74, 6) is 0.671. The van der Waals surface area contributed by atoms with Gasteiger partial charge in [-0.3, -0.25) is 14.4 Å². The average molecular weight is 484 g/mol. The molecule has 0 radical (unpaired) electrons. The largest absolute Gasteiger partial charge is 0.493 e. The van der Waals surface area contributed by atoms with E-state index in [0.717, 1.165) is 5.56 Å². The molecule has 1 aliphatic heterocycles. The van der Waals surface area contributed by atoms with Crippen molar-refractivity contribution in [1.82, 2.24) is 5.32 Å². The zero-order valence-electron chi connectivity index (χ0n) is 20.8. The van der Waals surface area contributed by atoms with Gasteiger partial charge in [-0.05, 0) is 23.6 Å². The van der Waals surface area contributed by atoms with Crippen LogP contribution in [-0.4, -0.2) is 45.6 Å². The van der Waals surface area contributed by atoms with Gasteiger partial charge in [-0.2, -0.15) is 0 Å². The second kappa shape index (κ2) is 11.6. The summed E-state index contributed by atoms with van der Waals surface area (Å²) in [6, 6.07) is 10.7. The predicted molar refractivity (Wildman–Crippen MR) is 133 cm³/mol. The standard InChI is InChI=1S/C26H33N3O6/c1-16(2)9-23(30)28-19-8-6-7-17(10-19)14-27-26(32)18-11-24(31)29(15-18)20-12-21(33-3)25(35-5)22(13-20)34-4/h6-8,10,12-13,16,18H,9,11,14-15H2,1-5H3,(H,27,32)(H,28,30). The van der Waals surface area contributed by atoms with Crippen molar-refractivity contribution in [3.63, 3.8) is 0 Å². The highest BCUT2D eigenvalue weighted by Crippen LogP contribution is 2.42. The van der Waals surface area contributed by atoms with Crippen molar-refractivity contribution in [2.75, 3.05) is 38.1 Å². The summed E-state index contributed by atoms with van der Waals surface area (Å²) in [4.78, 5) is 39.2. The summed E-state index contributed by atoms with van der Waals surface area (Å²) >= 11 is 0. The molecule has 2 aromatic carbocycles. The van der Waals surface area contributed by atoms with Gasteiger partial charge >= 0.3 is 0 Å². The highest BCUT2D eigenvalue weighted by Gasteiger charge is 2.36. The minimum atomic E-state index is -0.490. The lowest BCUT2D eigenvalue weighted by Gasteiger charge is -2.20. The lowest BCUT2D eigenvalue weighted by atomic mass is 10.1. The molecule has 1 aliphatic rings. The molecule has 1 heterocycles. The fourth-order valence-electron chi connectivity index (χ4n) is 4.03. The van der Waals surface area contributed by atoms with Crippen LogP contribution in [0, 0.1) is 11.8 Å². The number of anilines is 2. The topological polar surface area (TPSA) is 106 Å². The van der Waals surface area contributed by atoms with Crippen molar-refractivity contribution in [2.24, 2.45) is 11.8 Å². The van der Waals surface area contributed by atoms with Crippen LogP contribution in [0.4, 0.5) is 11.4 Å². The number of benzene rings is 2. The lowest BCUT2D eigenvalue weighted by molar-refractivity contribution is -0.126. The van der Waals surface area contributed by atoms with E-state index >= 15 is 0 Å². The van der Waals surface area contributed by atoms with E-state index in [1.807, 2.05) is 38.1 Å². The Morgan fingerprint density at radius 3 is 2.34 bits per heavy atom. The van der Waals surface area contributed by atoms with E-state index in [0.29, 0.717) is 41.6 Å². The van der Waals surface area contributed by atoms with Crippen LogP contribution in [0.2, 0.25) is 0 Å². The number of rotatable bonds is 10. The zero-order chi connectivity index (χ0) is 25.5. The molecule has 3 rings (SSSR count). The van der Waals surface area contributed by atoms with Crippen molar-refractivity contribution in [3.8, 4) is 17.2 Å². The van der Waals surface area contributed by atoms with Crippen molar-refractivity contribution >= 4 is 29.1 Å². The molecule has 2 N–H and O–H groups in total. The smallest absolute Gasteiger partial charge is 0.227 e. The fourth-order valence-corrected chi connectivity index (χ4v) is 4.03. The van der Waals surface area contributed by atoms with Gasteiger partial charge in [0.1, 0.15) is 0 Å². The third kappa shape index (κ3) is 6.44. The Labute approximate surface area is 205 Å². The third-order valence-corrected chi connectivity index (χ3v) is 5.73. The van der Waals surface area contributed by atoms with Gasteiger partial charge in [-0.15, -0.1) is 0 Å². The van der Waals surface area contributed by atoms with Gasteiger partial charge in [0.15, 0.2) is 11.5 Å². The van der Waals surface area contributed by atoms with E-state index in [-0.39, 0.29) is 36.6 Å². The average Bonchev–Trinajstić information content (AvgIpc) is 3.22. The van der Waals surface area contributed by atoms with E-state index in [4.69, 9.17) is 14.2 Å². The van der Waals surface area contributed by atoms with Crippen LogP contribution in [0.1, 0.15) is 32.3 Å². The number of nitrogens with zero attached hydrogens (tertiary/aromatic N) is 1. The van der Waals surface area contributed by atoms with E-state index in [2.05, 4.69) is 10.6 Å². The number of carbonyl (C=O) groups is 3. The van der Waals surface area contributed by atoms with E-state index in [1.165, 1.54) is 21.3 Å². The maximum Gasteiger partial charge on any atom is 0.227 e. The molecule has 0 saturated carbocycles. The molecule has 1 atom stereocenters. The van der Waals surface area contributed by atoms with Gasteiger partial charge < -0.3 is 29.7 Å². The Morgan fingerprint density at radius 2 is 1.74 bits per heavy atom. The number of nitrogens with one attached hydrogen (secondary N) is 2. The van der Waals surface area contributed by atoms with Gasteiger partial charge in [-0.1, -0.05) is 26.0 Å². The van der Waals surface area contributed by atoms with Gasteiger partial charge in [0.05, 0.1) is 32.9 Å². The minimum absolute atomic E-state index is 0.0439. The number of methoxy groups -OCH3 is 3. The normalized spacial score (nSPS) is 15.2. The molecule has 1 unspecified atom stereocenters. The first kappa shape index (κ1) is 25.9. The summed E-state index contributed by atoms with van der Waals surface area (Å²) < 4.78 is 16.1. The van der Waals surface area contributed by atoms with Gasteiger partial charge in [0.2, 0.25) is 23.5 Å².